The van der Waals surface area contributed by atoms with Gasteiger partial charge >= 0.3 is 5.97 Å². The molecule has 1 N–H and O–H groups in total. The summed E-state index contributed by atoms with van der Waals surface area (Å²) in [4.78, 5) is 11.6. The fraction of sp³-hybridized carbons (Fsp3) is 0.794. The molecule has 1 aromatic carbocycles. The number of halogens is 4. The predicted octanol–water partition coefficient (Wildman–Crippen LogP) is 3.23. The second kappa shape index (κ2) is 31.2. The molecule has 18 heteroatoms. The Morgan fingerprint density at radius 1 is 0.538 bits per heavy atom. The summed E-state index contributed by atoms with van der Waals surface area (Å²) in [6, 6.07) is 0.0455. The van der Waals surface area contributed by atoms with Crippen LogP contribution in [0.4, 0.5) is 17.6 Å². The number of aliphatic hydroxyl groups is 1. The lowest BCUT2D eigenvalue weighted by Crippen LogP contribution is -2.24. The van der Waals surface area contributed by atoms with Gasteiger partial charge in [0.05, 0.1) is 139 Å². The number of aliphatic hydroxyl groups excluding tert-OH is 1. The van der Waals surface area contributed by atoms with Gasteiger partial charge in [-0.25, -0.2) is 8.78 Å². The lowest BCUT2D eigenvalue weighted by atomic mass is 10.2. The fourth-order valence-electron chi connectivity index (χ4n) is 3.66. The smallest absolute Gasteiger partial charge is 0.308 e. The van der Waals surface area contributed by atoms with Crippen LogP contribution in [0.25, 0.3) is 0 Å². The van der Waals surface area contributed by atoms with E-state index in [1.54, 1.807) is 0 Å². The van der Waals surface area contributed by atoms with Crippen LogP contribution < -0.4 is 4.74 Å². The summed E-state index contributed by atoms with van der Waals surface area (Å²) in [5.74, 6) is -8.36. The topological polar surface area (TPSA) is 148 Å². The monoisotopic (exact) mass is 764 g/mol. The molecule has 52 heavy (non-hydrogen) atoms. The Balaban J connectivity index is 1.72. The number of hydrogen-bond acceptors (Lipinski definition) is 14. The van der Waals surface area contributed by atoms with Gasteiger partial charge in [0.2, 0.25) is 11.6 Å². The molecule has 0 amide bonds. The Hall–Kier alpha value is -2.23. The van der Waals surface area contributed by atoms with Gasteiger partial charge in [0.25, 0.3) is 0 Å². The number of ether oxygens (including phenoxy) is 12. The van der Waals surface area contributed by atoms with Crippen LogP contribution in [-0.4, -0.2) is 155 Å². The lowest BCUT2D eigenvalue weighted by Gasteiger charge is -2.19. The maximum absolute atomic E-state index is 13.6. The summed E-state index contributed by atoms with van der Waals surface area (Å²) in [5.41, 5.74) is -0.492. The van der Waals surface area contributed by atoms with E-state index in [0.29, 0.717) is 112 Å². The molecule has 1 rings (SSSR count). The molecule has 0 spiro atoms. The number of carbonyl (C=O) groups excluding carboxylic acids is 1. The van der Waals surface area contributed by atoms with Crippen LogP contribution in [0.15, 0.2) is 6.07 Å². The van der Waals surface area contributed by atoms with Gasteiger partial charge < -0.3 is 61.9 Å². The van der Waals surface area contributed by atoms with Crippen molar-refractivity contribution in [3.63, 3.8) is 0 Å². The number of carbonyl (C=O) groups is 1. The Morgan fingerprint density at radius 3 is 1.13 bits per heavy atom. The maximum atomic E-state index is 13.6. The molecule has 1 aromatic rings. The number of rotatable bonds is 35. The first-order chi connectivity index (χ1) is 25.0. The molecule has 0 aliphatic heterocycles. The normalized spacial score (nSPS) is 12.4. The molecule has 1 unspecified atom stereocenters. The summed E-state index contributed by atoms with van der Waals surface area (Å²) >= 11 is 0. The molecule has 0 aromatic heterocycles. The van der Waals surface area contributed by atoms with Crippen molar-refractivity contribution in [1.82, 2.24) is 0 Å². The van der Waals surface area contributed by atoms with E-state index in [2.05, 4.69) is 4.74 Å². The van der Waals surface area contributed by atoms with Crippen LogP contribution in [0.5, 0.6) is 5.75 Å². The first-order valence-electron chi connectivity index (χ1n) is 17.2. The fourth-order valence-corrected chi connectivity index (χ4v) is 3.66. The van der Waals surface area contributed by atoms with Gasteiger partial charge in [0.15, 0.2) is 23.7 Å². The van der Waals surface area contributed by atoms with Crippen molar-refractivity contribution in [3.8, 4) is 5.75 Å². The van der Waals surface area contributed by atoms with Crippen molar-refractivity contribution in [2.45, 2.75) is 45.5 Å². The van der Waals surface area contributed by atoms with Crippen molar-refractivity contribution >= 4 is 5.97 Å². The van der Waals surface area contributed by atoms with E-state index >= 15 is 0 Å². The van der Waals surface area contributed by atoms with Crippen LogP contribution in [-0.2, 0) is 56.9 Å². The van der Waals surface area contributed by atoms with E-state index in [0.717, 1.165) is 0 Å². The second-order valence-electron chi connectivity index (χ2n) is 11.6. The second-order valence-corrected chi connectivity index (χ2v) is 11.6. The van der Waals surface area contributed by atoms with Gasteiger partial charge in [0.1, 0.15) is 5.60 Å². The standard InChI is InChI=1S/C34H56F4O14/c1-34(2,3)52-30(40)5-7-42-9-11-44-13-15-46-17-19-48-21-23-50-25-24-49-22-20-47-18-16-45-14-12-43-10-8-41-6-4-29(39)51-33-31(37)27(35)26-28(36)32(33)38/h26,29,39H,4-25H2,1-3H3. The van der Waals surface area contributed by atoms with Gasteiger partial charge in [-0.1, -0.05) is 0 Å². The third-order valence-corrected chi connectivity index (χ3v) is 6.05. The molecule has 0 saturated carbocycles. The van der Waals surface area contributed by atoms with Crippen LogP contribution >= 0.6 is 0 Å². The van der Waals surface area contributed by atoms with Crippen LogP contribution in [0.1, 0.15) is 33.6 Å². The van der Waals surface area contributed by atoms with E-state index in [1.165, 1.54) is 0 Å². The third-order valence-electron chi connectivity index (χ3n) is 6.05. The van der Waals surface area contributed by atoms with Gasteiger partial charge in [0, 0.05) is 12.5 Å². The van der Waals surface area contributed by atoms with E-state index in [9.17, 15) is 27.5 Å². The highest BCUT2D eigenvalue weighted by Crippen LogP contribution is 2.27. The van der Waals surface area contributed by atoms with Crippen molar-refractivity contribution < 1.29 is 84.3 Å². The quantitative estimate of drug-likeness (QED) is 0.0355. The summed E-state index contributed by atoms with van der Waals surface area (Å²) in [5, 5.41) is 9.69. The lowest BCUT2D eigenvalue weighted by molar-refractivity contribution is -0.156. The van der Waals surface area contributed by atoms with E-state index in [-0.39, 0.29) is 44.7 Å². The molecule has 0 heterocycles. The zero-order valence-corrected chi connectivity index (χ0v) is 30.5. The Labute approximate surface area is 303 Å². The molecular formula is C34H56F4O14. The van der Waals surface area contributed by atoms with Crippen molar-refractivity contribution in [2.75, 3.05) is 132 Å². The minimum Gasteiger partial charge on any atom is -0.460 e. The highest BCUT2D eigenvalue weighted by Gasteiger charge is 2.23. The van der Waals surface area contributed by atoms with Gasteiger partial charge in [-0.15, -0.1) is 0 Å². The summed E-state index contributed by atoms with van der Waals surface area (Å²) in [6.45, 7) is 12.7. The van der Waals surface area contributed by atoms with Crippen LogP contribution in [0.3, 0.4) is 0 Å². The van der Waals surface area contributed by atoms with Gasteiger partial charge in [-0.3, -0.25) is 4.79 Å². The number of esters is 1. The molecule has 0 saturated heterocycles. The molecule has 0 fully saturated rings. The SMILES string of the molecule is CC(C)(C)OC(=O)CCOCCOCCOCCOCCOCCOCCOCCOCCOCCOCCC(O)Oc1c(F)c(F)cc(F)c1F. The maximum Gasteiger partial charge on any atom is 0.308 e. The van der Waals surface area contributed by atoms with Crippen LogP contribution in [0.2, 0.25) is 0 Å². The third kappa shape index (κ3) is 27.4. The average molecular weight is 765 g/mol. The predicted molar refractivity (Wildman–Crippen MR) is 176 cm³/mol. The zero-order chi connectivity index (χ0) is 38.3. The van der Waals surface area contributed by atoms with E-state index < -0.39 is 40.9 Å². The van der Waals surface area contributed by atoms with E-state index in [1.807, 2.05) is 20.8 Å². The molecule has 14 nitrogen and oxygen atoms in total. The van der Waals surface area contributed by atoms with Crippen molar-refractivity contribution in [1.29, 1.82) is 0 Å². The molecule has 0 aliphatic carbocycles. The first-order valence-corrected chi connectivity index (χ1v) is 17.2. The molecular weight excluding hydrogens is 708 g/mol. The minimum absolute atomic E-state index is 0.0455. The summed E-state index contributed by atoms with van der Waals surface area (Å²) < 4.78 is 117. The molecule has 0 radical (unpaired) electrons. The number of benzene rings is 1. The van der Waals surface area contributed by atoms with Gasteiger partial charge in [-0.05, 0) is 20.8 Å². The first kappa shape index (κ1) is 47.8. The highest BCUT2D eigenvalue weighted by molar-refractivity contribution is 5.69. The summed E-state index contributed by atoms with van der Waals surface area (Å²) in [6.07, 6.45) is -1.73. The van der Waals surface area contributed by atoms with Crippen LogP contribution in [0, 0.1) is 23.3 Å². The van der Waals surface area contributed by atoms with Crippen molar-refractivity contribution in [2.24, 2.45) is 0 Å². The van der Waals surface area contributed by atoms with Crippen molar-refractivity contribution in [3.05, 3.63) is 29.3 Å². The van der Waals surface area contributed by atoms with Gasteiger partial charge in [-0.2, -0.15) is 8.78 Å². The number of hydrogen-bond donors (Lipinski definition) is 1. The van der Waals surface area contributed by atoms with E-state index in [4.69, 9.17) is 52.1 Å². The Bertz CT molecular complexity index is 1010. The summed E-state index contributed by atoms with van der Waals surface area (Å²) in [7, 11) is 0. The Morgan fingerprint density at radius 2 is 0.827 bits per heavy atom. The zero-order valence-electron chi connectivity index (χ0n) is 30.5. The molecule has 0 bridgehead atoms. The largest absolute Gasteiger partial charge is 0.460 e. The molecule has 1 atom stereocenters. The molecule has 304 valence electrons. The average Bonchev–Trinajstić information content (AvgIpc) is 3.09. The molecule has 0 aliphatic rings. The minimum atomic E-state index is -1.74. The highest BCUT2D eigenvalue weighted by atomic mass is 19.2. The Kier molecular flexibility index (Phi) is 28.6.